The minimum absolute atomic E-state index is 0.104. The summed E-state index contributed by atoms with van der Waals surface area (Å²) in [5.74, 6) is -2.27. The van der Waals surface area contributed by atoms with E-state index in [9.17, 15) is 14.0 Å². The second-order valence-electron chi connectivity index (χ2n) is 4.37. The van der Waals surface area contributed by atoms with Crippen molar-refractivity contribution < 1.29 is 23.6 Å². The van der Waals surface area contributed by atoms with Crippen molar-refractivity contribution in [2.45, 2.75) is 20.3 Å². The van der Waals surface area contributed by atoms with Crippen LogP contribution in [0.5, 0.6) is 0 Å². The highest BCUT2D eigenvalue weighted by Gasteiger charge is 2.20. The Morgan fingerprint density at radius 2 is 2.14 bits per heavy atom. The predicted molar refractivity (Wildman–Crippen MR) is 71.9 cm³/mol. The van der Waals surface area contributed by atoms with Crippen LogP contribution in [0, 0.1) is 12.7 Å². The Morgan fingerprint density at radius 1 is 1.43 bits per heavy atom. The molecule has 21 heavy (non-hydrogen) atoms. The van der Waals surface area contributed by atoms with E-state index in [1.54, 1.807) is 6.92 Å². The van der Waals surface area contributed by atoms with E-state index in [2.05, 4.69) is 10.5 Å². The van der Waals surface area contributed by atoms with E-state index in [0.29, 0.717) is 17.9 Å². The average Bonchev–Trinajstić information content (AvgIpc) is 2.81. The third kappa shape index (κ3) is 2.91. The number of nitrogens with zero attached hydrogens (tertiary/aromatic N) is 1. The highest BCUT2D eigenvalue weighted by atomic mass is 19.1. The predicted octanol–water partition coefficient (Wildman–Crippen LogP) is 2.64. The van der Waals surface area contributed by atoms with Gasteiger partial charge in [0.2, 0.25) is 0 Å². The van der Waals surface area contributed by atoms with Gasteiger partial charge in [-0.25, -0.2) is 9.18 Å². The quantitative estimate of drug-likeness (QED) is 0.903. The number of aromatic nitrogens is 1. The molecule has 1 aromatic heterocycles. The highest BCUT2D eigenvalue weighted by Crippen LogP contribution is 2.20. The van der Waals surface area contributed by atoms with Crippen molar-refractivity contribution >= 4 is 17.6 Å². The van der Waals surface area contributed by atoms with Crippen molar-refractivity contribution in [2.75, 3.05) is 5.32 Å². The van der Waals surface area contributed by atoms with Gasteiger partial charge in [-0.05, 0) is 31.5 Å². The summed E-state index contributed by atoms with van der Waals surface area (Å²) >= 11 is 0. The average molecular weight is 292 g/mol. The summed E-state index contributed by atoms with van der Waals surface area (Å²) < 4.78 is 18.7. The number of aromatic carboxylic acids is 1. The molecule has 1 amide bonds. The third-order valence-corrected chi connectivity index (χ3v) is 2.96. The summed E-state index contributed by atoms with van der Waals surface area (Å²) in [5, 5.41) is 14.9. The third-order valence-electron chi connectivity index (χ3n) is 2.96. The minimum Gasteiger partial charge on any atom is -0.478 e. The number of benzene rings is 1. The first-order valence-corrected chi connectivity index (χ1v) is 6.23. The van der Waals surface area contributed by atoms with E-state index in [0.717, 1.165) is 6.07 Å². The standard InChI is InChI=1S/C14H13FN2O4/c1-3-10-12(7(2)21-17-10)13(18)16-11-5-4-8(14(19)20)6-9(11)15/h4-6H,3H2,1-2H3,(H,16,18)(H,19,20). The number of hydrogen-bond acceptors (Lipinski definition) is 4. The number of aryl methyl sites for hydroxylation is 2. The van der Waals surface area contributed by atoms with Crippen LogP contribution in [0.1, 0.15) is 39.1 Å². The van der Waals surface area contributed by atoms with Crippen molar-refractivity contribution in [3.05, 3.63) is 46.6 Å². The molecule has 1 heterocycles. The van der Waals surface area contributed by atoms with E-state index in [4.69, 9.17) is 9.63 Å². The summed E-state index contributed by atoms with van der Waals surface area (Å²) in [4.78, 5) is 22.9. The zero-order valence-electron chi connectivity index (χ0n) is 11.4. The van der Waals surface area contributed by atoms with Crippen LogP contribution in [0.2, 0.25) is 0 Å². The van der Waals surface area contributed by atoms with Crippen LogP contribution in [0.4, 0.5) is 10.1 Å². The number of nitrogens with one attached hydrogen (secondary N) is 1. The van der Waals surface area contributed by atoms with Gasteiger partial charge in [0.15, 0.2) is 0 Å². The number of carboxylic acids is 1. The molecule has 6 nitrogen and oxygen atoms in total. The van der Waals surface area contributed by atoms with Crippen LogP contribution in [-0.4, -0.2) is 22.1 Å². The summed E-state index contributed by atoms with van der Waals surface area (Å²) in [6.45, 7) is 3.40. The van der Waals surface area contributed by atoms with E-state index >= 15 is 0 Å². The molecular formula is C14H13FN2O4. The largest absolute Gasteiger partial charge is 0.478 e. The van der Waals surface area contributed by atoms with Crippen LogP contribution in [0.3, 0.4) is 0 Å². The number of carboxylic acid groups (broad SMARTS) is 1. The number of carbonyl (C=O) groups is 2. The number of hydrogen-bond donors (Lipinski definition) is 2. The Balaban J connectivity index is 2.28. The smallest absolute Gasteiger partial charge is 0.335 e. The maximum absolute atomic E-state index is 13.8. The lowest BCUT2D eigenvalue weighted by molar-refractivity contribution is 0.0696. The van der Waals surface area contributed by atoms with Crippen molar-refractivity contribution in [3.8, 4) is 0 Å². The molecule has 0 saturated carbocycles. The number of rotatable bonds is 4. The molecule has 0 bridgehead atoms. The minimum atomic E-state index is -1.24. The van der Waals surface area contributed by atoms with Gasteiger partial charge in [0.1, 0.15) is 17.1 Å². The Kier molecular flexibility index (Phi) is 4.02. The fourth-order valence-corrected chi connectivity index (χ4v) is 1.88. The molecule has 1 aromatic carbocycles. The van der Waals surface area contributed by atoms with Gasteiger partial charge in [0.25, 0.3) is 5.91 Å². The lowest BCUT2D eigenvalue weighted by atomic mass is 10.1. The fourth-order valence-electron chi connectivity index (χ4n) is 1.88. The van der Waals surface area contributed by atoms with Crippen LogP contribution in [0.25, 0.3) is 0 Å². The molecule has 0 atom stereocenters. The molecule has 0 fully saturated rings. The Labute approximate surface area is 119 Å². The molecule has 2 rings (SSSR count). The zero-order chi connectivity index (χ0) is 15.6. The lowest BCUT2D eigenvalue weighted by Gasteiger charge is -2.07. The Hall–Kier alpha value is -2.70. The molecule has 0 aliphatic rings. The Morgan fingerprint density at radius 3 is 2.71 bits per heavy atom. The van der Waals surface area contributed by atoms with Crippen molar-refractivity contribution in [1.82, 2.24) is 5.16 Å². The van der Waals surface area contributed by atoms with Crippen molar-refractivity contribution in [3.63, 3.8) is 0 Å². The molecule has 0 aliphatic heterocycles. The molecule has 2 aromatic rings. The SMILES string of the molecule is CCc1noc(C)c1C(=O)Nc1ccc(C(=O)O)cc1F. The first-order valence-electron chi connectivity index (χ1n) is 6.23. The molecule has 110 valence electrons. The van der Waals surface area contributed by atoms with Gasteiger partial charge >= 0.3 is 5.97 Å². The van der Waals surface area contributed by atoms with Crippen molar-refractivity contribution in [1.29, 1.82) is 0 Å². The zero-order valence-corrected chi connectivity index (χ0v) is 11.4. The fraction of sp³-hybridized carbons (Fsp3) is 0.214. The molecule has 0 aliphatic carbocycles. The molecule has 0 radical (unpaired) electrons. The van der Waals surface area contributed by atoms with Gasteiger partial charge in [-0.15, -0.1) is 0 Å². The topological polar surface area (TPSA) is 92.4 Å². The number of halogens is 1. The van der Waals surface area contributed by atoms with Crippen LogP contribution in [-0.2, 0) is 6.42 Å². The second-order valence-corrected chi connectivity index (χ2v) is 4.37. The van der Waals surface area contributed by atoms with Gasteiger partial charge in [-0.1, -0.05) is 12.1 Å². The van der Waals surface area contributed by atoms with E-state index in [1.165, 1.54) is 12.1 Å². The van der Waals surface area contributed by atoms with Gasteiger partial charge in [0.05, 0.1) is 16.9 Å². The molecular weight excluding hydrogens is 279 g/mol. The van der Waals surface area contributed by atoms with Gasteiger partial charge in [-0.2, -0.15) is 0 Å². The first-order chi connectivity index (χ1) is 9.93. The van der Waals surface area contributed by atoms with E-state index in [-0.39, 0.29) is 16.8 Å². The summed E-state index contributed by atoms with van der Waals surface area (Å²) in [6, 6.07) is 3.26. The monoisotopic (exact) mass is 292 g/mol. The van der Waals surface area contributed by atoms with Crippen molar-refractivity contribution in [2.24, 2.45) is 0 Å². The van der Waals surface area contributed by atoms with E-state index < -0.39 is 17.7 Å². The van der Waals surface area contributed by atoms with E-state index in [1.807, 2.05) is 6.92 Å². The molecule has 7 heteroatoms. The number of amides is 1. The van der Waals surface area contributed by atoms with Crippen LogP contribution < -0.4 is 5.32 Å². The molecule has 0 unspecified atom stereocenters. The lowest BCUT2D eigenvalue weighted by Crippen LogP contribution is -2.15. The molecule has 0 spiro atoms. The van der Waals surface area contributed by atoms with Gasteiger partial charge in [0, 0.05) is 0 Å². The molecule has 0 saturated heterocycles. The first kappa shape index (κ1) is 14.7. The van der Waals surface area contributed by atoms with Gasteiger partial charge < -0.3 is 14.9 Å². The van der Waals surface area contributed by atoms with Crippen LogP contribution >= 0.6 is 0 Å². The number of carbonyl (C=O) groups excluding carboxylic acids is 1. The second kappa shape index (κ2) is 5.74. The maximum atomic E-state index is 13.8. The normalized spacial score (nSPS) is 10.4. The summed E-state index contributed by atoms with van der Waals surface area (Å²) in [6.07, 6.45) is 0.501. The van der Waals surface area contributed by atoms with Gasteiger partial charge in [-0.3, -0.25) is 4.79 Å². The molecule has 2 N–H and O–H groups in total. The summed E-state index contributed by atoms with van der Waals surface area (Å²) in [7, 11) is 0. The Bertz CT molecular complexity index is 709. The van der Waals surface area contributed by atoms with Crippen LogP contribution in [0.15, 0.2) is 22.7 Å². The highest BCUT2D eigenvalue weighted by molar-refractivity contribution is 6.06. The maximum Gasteiger partial charge on any atom is 0.335 e. The number of anilines is 1. The summed E-state index contributed by atoms with van der Waals surface area (Å²) in [5.41, 5.74) is 0.445.